The number of hydrogen-bond acceptors (Lipinski definition) is 4. The predicted octanol–water partition coefficient (Wildman–Crippen LogP) is 4.11. The Bertz CT molecular complexity index is 1110. The molecule has 0 spiro atoms. The van der Waals surface area contributed by atoms with Crippen LogP contribution in [0.25, 0.3) is 0 Å². The molecular formula is C25H25N2O3P. The summed E-state index contributed by atoms with van der Waals surface area (Å²) in [7, 11) is -2.06. The summed E-state index contributed by atoms with van der Waals surface area (Å²) < 4.78 is 22.0. The summed E-state index contributed by atoms with van der Waals surface area (Å²) in [5.74, 6) is -0.481. The molecule has 6 heteroatoms. The van der Waals surface area contributed by atoms with Crippen molar-refractivity contribution in [2.24, 2.45) is 4.99 Å². The number of hydrogen-bond donors (Lipinski definition) is 0. The first-order chi connectivity index (χ1) is 14.9. The molecule has 5 nitrogen and oxygen atoms in total. The van der Waals surface area contributed by atoms with Gasteiger partial charge in [0.2, 0.25) is 7.29 Å². The van der Waals surface area contributed by atoms with Gasteiger partial charge in [-0.3, -0.25) is 14.2 Å². The SMILES string of the molecule is COC(=O)[C@]1(C)N=CN(P(=O)(c2ccccc2)c2ccccc2)[C@@]1(C)c1ccccc1. The van der Waals surface area contributed by atoms with Crippen molar-refractivity contribution in [3.05, 3.63) is 96.6 Å². The Morgan fingerprint density at radius 1 is 0.839 bits per heavy atom. The van der Waals surface area contributed by atoms with Crippen LogP contribution in [0.2, 0.25) is 0 Å². The molecule has 0 radical (unpaired) electrons. The Balaban J connectivity index is 2.02. The fourth-order valence-corrected chi connectivity index (χ4v) is 7.29. The third-order valence-corrected chi connectivity index (χ3v) is 9.37. The molecule has 0 aliphatic carbocycles. The van der Waals surface area contributed by atoms with Crippen LogP contribution in [0.5, 0.6) is 0 Å². The molecule has 0 saturated heterocycles. The summed E-state index contributed by atoms with van der Waals surface area (Å²) in [5.41, 5.74) is -1.52. The summed E-state index contributed by atoms with van der Waals surface area (Å²) in [5, 5.41) is 1.34. The van der Waals surface area contributed by atoms with Gasteiger partial charge in [-0.2, -0.15) is 0 Å². The third-order valence-electron chi connectivity index (χ3n) is 6.27. The average molecular weight is 432 g/mol. The molecule has 3 aromatic carbocycles. The number of rotatable bonds is 5. The quantitative estimate of drug-likeness (QED) is 0.450. The Labute approximate surface area is 182 Å². The van der Waals surface area contributed by atoms with Gasteiger partial charge in [0.1, 0.15) is 5.54 Å². The summed E-state index contributed by atoms with van der Waals surface area (Å²) in [6, 6.07) is 28.3. The molecule has 2 atom stereocenters. The van der Waals surface area contributed by atoms with Crippen LogP contribution in [-0.2, 0) is 19.6 Å². The second kappa shape index (κ2) is 7.82. The van der Waals surface area contributed by atoms with Crippen molar-refractivity contribution in [2.75, 3.05) is 7.11 Å². The van der Waals surface area contributed by atoms with Crippen LogP contribution >= 0.6 is 7.29 Å². The molecule has 158 valence electrons. The van der Waals surface area contributed by atoms with E-state index in [0.29, 0.717) is 10.6 Å². The molecule has 0 amide bonds. The van der Waals surface area contributed by atoms with E-state index in [1.807, 2.05) is 97.9 Å². The number of benzene rings is 3. The Hall–Kier alpha value is -3.17. The van der Waals surface area contributed by atoms with Crippen molar-refractivity contribution in [2.45, 2.75) is 24.9 Å². The highest BCUT2D eigenvalue weighted by Gasteiger charge is 2.62. The van der Waals surface area contributed by atoms with Crippen molar-refractivity contribution in [1.29, 1.82) is 0 Å². The van der Waals surface area contributed by atoms with Gasteiger partial charge in [-0.15, -0.1) is 0 Å². The van der Waals surface area contributed by atoms with Crippen molar-refractivity contribution in [3.63, 3.8) is 0 Å². The molecule has 1 heterocycles. The minimum Gasteiger partial charge on any atom is -0.467 e. The minimum atomic E-state index is -3.41. The maximum absolute atomic E-state index is 15.1. The first kappa shape index (κ1) is 21.1. The van der Waals surface area contributed by atoms with Gasteiger partial charge in [0.05, 0.1) is 13.4 Å². The third kappa shape index (κ3) is 3.03. The first-order valence-corrected chi connectivity index (χ1v) is 11.8. The molecule has 1 aliphatic heterocycles. The van der Waals surface area contributed by atoms with E-state index in [9.17, 15) is 4.79 Å². The zero-order valence-electron chi connectivity index (χ0n) is 17.8. The van der Waals surface area contributed by atoms with Gasteiger partial charge < -0.3 is 4.74 Å². The number of nitrogens with zero attached hydrogens (tertiary/aromatic N) is 2. The second-order valence-corrected chi connectivity index (χ2v) is 10.5. The highest BCUT2D eigenvalue weighted by molar-refractivity contribution is 7.77. The highest BCUT2D eigenvalue weighted by atomic mass is 31.2. The number of esters is 1. The second-order valence-electron chi connectivity index (χ2n) is 7.84. The molecule has 0 fully saturated rings. The number of aliphatic imine (C=N–C) groups is 1. The lowest BCUT2D eigenvalue weighted by molar-refractivity contribution is -0.149. The van der Waals surface area contributed by atoms with Gasteiger partial charge in [0.15, 0.2) is 5.54 Å². The summed E-state index contributed by atoms with van der Waals surface area (Å²) in [6.07, 6.45) is 1.56. The predicted molar refractivity (Wildman–Crippen MR) is 124 cm³/mol. The smallest absolute Gasteiger partial charge is 0.336 e. The molecule has 0 aromatic heterocycles. The van der Waals surface area contributed by atoms with Crippen LogP contribution in [0.15, 0.2) is 96.0 Å². The zero-order chi connectivity index (χ0) is 22.1. The molecule has 4 rings (SSSR count). The summed E-state index contributed by atoms with van der Waals surface area (Å²) in [6.45, 7) is 3.65. The van der Waals surface area contributed by atoms with Gasteiger partial charge in [-0.25, -0.2) is 4.79 Å². The molecule has 0 bridgehead atoms. The molecule has 1 aliphatic rings. The van der Waals surface area contributed by atoms with Crippen LogP contribution < -0.4 is 10.6 Å². The summed E-state index contributed by atoms with van der Waals surface area (Å²) in [4.78, 5) is 17.6. The number of carbonyl (C=O) groups excluding carboxylic acids is 1. The Morgan fingerprint density at radius 2 is 1.29 bits per heavy atom. The maximum atomic E-state index is 15.1. The monoisotopic (exact) mass is 432 g/mol. The Morgan fingerprint density at radius 3 is 1.74 bits per heavy atom. The molecule has 0 N–H and O–H groups in total. The number of methoxy groups -OCH3 is 1. The molecular weight excluding hydrogens is 407 g/mol. The van der Waals surface area contributed by atoms with Crippen LogP contribution in [0.1, 0.15) is 19.4 Å². The van der Waals surface area contributed by atoms with Crippen LogP contribution in [-0.4, -0.2) is 29.6 Å². The lowest BCUT2D eigenvalue weighted by atomic mass is 9.75. The largest absolute Gasteiger partial charge is 0.467 e. The molecule has 3 aromatic rings. The molecule has 31 heavy (non-hydrogen) atoms. The summed E-state index contributed by atoms with van der Waals surface area (Å²) >= 11 is 0. The molecule has 0 unspecified atom stereocenters. The lowest BCUT2D eigenvalue weighted by Gasteiger charge is -2.46. The van der Waals surface area contributed by atoms with Crippen molar-refractivity contribution < 1.29 is 14.1 Å². The fraction of sp³-hybridized carbons (Fsp3) is 0.200. The van der Waals surface area contributed by atoms with Gasteiger partial charge in [0, 0.05) is 10.6 Å². The van der Waals surface area contributed by atoms with Crippen LogP contribution in [0, 0.1) is 0 Å². The van der Waals surface area contributed by atoms with E-state index < -0.39 is 24.3 Å². The number of carbonyl (C=O) groups is 1. The van der Waals surface area contributed by atoms with Crippen LogP contribution in [0.3, 0.4) is 0 Å². The van der Waals surface area contributed by atoms with E-state index in [1.165, 1.54) is 7.11 Å². The number of ether oxygens (including phenoxy) is 1. The Kier molecular flexibility index (Phi) is 5.32. The lowest BCUT2D eigenvalue weighted by Crippen LogP contribution is -2.57. The fourth-order valence-electron chi connectivity index (χ4n) is 4.27. The molecule has 0 saturated carbocycles. The van der Waals surface area contributed by atoms with E-state index in [4.69, 9.17) is 4.74 Å². The van der Waals surface area contributed by atoms with Crippen molar-refractivity contribution in [3.8, 4) is 0 Å². The van der Waals surface area contributed by atoms with E-state index in [1.54, 1.807) is 17.9 Å². The first-order valence-electron chi connectivity index (χ1n) is 10.1. The van der Waals surface area contributed by atoms with Gasteiger partial charge >= 0.3 is 5.97 Å². The van der Waals surface area contributed by atoms with Gasteiger partial charge in [0.25, 0.3) is 0 Å². The van der Waals surface area contributed by atoms with E-state index in [0.717, 1.165) is 5.56 Å². The van der Waals surface area contributed by atoms with Crippen LogP contribution in [0.4, 0.5) is 0 Å². The topological polar surface area (TPSA) is 59.0 Å². The van der Waals surface area contributed by atoms with Crippen molar-refractivity contribution in [1.82, 2.24) is 4.67 Å². The van der Waals surface area contributed by atoms with Gasteiger partial charge in [-0.05, 0) is 43.7 Å². The standard InChI is InChI=1S/C25H25N2O3P/c1-24(23(28)30-3)25(2,20-13-7-4-8-14-20)27(19-26-24)31(29,21-15-9-5-10-16-21)22-17-11-6-12-18-22/h4-19H,1-3H3/t24-,25-/m0/s1. The van der Waals surface area contributed by atoms with Gasteiger partial charge in [-0.1, -0.05) is 66.7 Å². The van der Waals surface area contributed by atoms with Crippen molar-refractivity contribution >= 4 is 30.2 Å². The maximum Gasteiger partial charge on any atom is 0.336 e. The highest BCUT2D eigenvalue weighted by Crippen LogP contribution is 2.59. The van der Waals surface area contributed by atoms with E-state index >= 15 is 4.57 Å². The normalized spacial score (nSPS) is 23.0. The zero-order valence-corrected chi connectivity index (χ0v) is 18.7. The van der Waals surface area contributed by atoms with E-state index in [2.05, 4.69) is 4.99 Å². The minimum absolute atomic E-state index is 0.481. The van der Waals surface area contributed by atoms with E-state index in [-0.39, 0.29) is 0 Å². The average Bonchev–Trinajstić information content (AvgIpc) is 3.12.